The van der Waals surface area contributed by atoms with Gasteiger partial charge >= 0.3 is 5.97 Å². The predicted molar refractivity (Wildman–Crippen MR) is 66.7 cm³/mol. The van der Waals surface area contributed by atoms with E-state index in [9.17, 15) is 14.0 Å². The summed E-state index contributed by atoms with van der Waals surface area (Å²) in [4.78, 5) is 21.8. The lowest BCUT2D eigenvalue weighted by Crippen LogP contribution is -2.44. The minimum Gasteiger partial charge on any atom is -0.494 e. The van der Waals surface area contributed by atoms with E-state index >= 15 is 0 Å². The van der Waals surface area contributed by atoms with E-state index in [1.165, 1.54) is 32.2 Å². The maximum absolute atomic E-state index is 13.0. The minimum atomic E-state index is -1.16. The molecule has 1 rings (SSSR count). The summed E-state index contributed by atoms with van der Waals surface area (Å²) in [6.07, 6.45) is 0. The average Bonchev–Trinajstić information content (AvgIpc) is 2.34. The Morgan fingerprint density at radius 2 is 2.16 bits per heavy atom. The van der Waals surface area contributed by atoms with Gasteiger partial charge in [0.05, 0.1) is 12.8 Å². The third kappa shape index (κ3) is 4.46. The van der Waals surface area contributed by atoms with Crippen molar-refractivity contribution < 1.29 is 23.8 Å². The molecule has 0 bridgehead atoms. The molecular formula is C12H15FN2O4. The van der Waals surface area contributed by atoms with E-state index in [0.29, 0.717) is 5.69 Å². The molecule has 0 saturated heterocycles. The Morgan fingerprint density at radius 3 is 2.68 bits per heavy atom. The monoisotopic (exact) mass is 270 g/mol. The zero-order chi connectivity index (χ0) is 14.4. The summed E-state index contributed by atoms with van der Waals surface area (Å²) in [7, 11) is 1.38. The van der Waals surface area contributed by atoms with Crippen molar-refractivity contribution in [3.8, 4) is 5.75 Å². The Balaban J connectivity index is 2.73. The van der Waals surface area contributed by atoms with Crippen LogP contribution in [0.1, 0.15) is 6.92 Å². The smallest absolute Gasteiger partial charge is 0.328 e. The molecule has 0 aliphatic carbocycles. The van der Waals surface area contributed by atoms with E-state index in [1.807, 2.05) is 0 Å². The molecule has 0 aromatic heterocycles. The fourth-order valence-electron chi connectivity index (χ4n) is 1.47. The van der Waals surface area contributed by atoms with Crippen LogP contribution in [0.4, 0.5) is 10.1 Å². The Morgan fingerprint density at radius 1 is 1.47 bits per heavy atom. The molecule has 0 radical (unpaired) electrons. The maximum Gasteiger partial charge on any atom is 0.328 e. The molecule has 0 saturated carbocycles. The Hall–Kier alpha value is -2.31. The number of carbonyl (C=O) groups excluding carboxylic acids is 1. The molecule has 3 N–H and O–H groups in total. The fraction of sp³-hybridized carbons (Fsp3) is 0.333. The summed E-state index contributed by atoms with van der Waals surface area (Å²) < 4.78 is 17.9. The van der Waals surface area contributed by atoms with Crippen LogP contribution in [0.15, 0.2) is 18.2 Å². The number of aliphatic carboxylic acids is 1. The van der Waals surface area contributed by atoms with Gasteiger partial charge in [-0.3, -0.25) is 4.79 Å². The second-order valence-corrected chi connectivity index (χ2v) is 3.82. The summed E-state index contributed by atoms with van der Waals surface area (Å²) in [5, 5.41) is 14.0. The van der Waals surface area contributed by atoms with Crippen LogP contribution < -0.4 is 15.4 Å². The number of ether oxygens (including phenoxy) is 1. The highest BCUT2D eigenvalue weighted by Gasteiger charge is 2.18. The molecule has 19 heavy (non-hydrogen) atoms. The number of carboxylic acid groups (broad SMARTS) is 1. The van der Waals surface area contributed by atoms with Gasteiger partial charge in [0, 0.05) is 19.5 Å². The molecule has 1 amide bonds. The molecular weight excluding hydrogens is 255 g/mol. The highest BCUT2D eigenvalue weighted by Crippen LogP contribution is 2.24. The summed E-state index contributed by atoms with van der Waals surface area (Å²) in [5.74, 6) is -1.81. The van der Waals surface area contributed by atoms with E-state index in [0.717, 1.165) is 0 Å². The zero-order valence-corrected chi connectivity index (χ0v) is 10.6. The number of carboxylic acids is 1. The van der Waals surface area contributed by atoms with Gasteiger partial charge in [-0.1, -0.05) is 0 Å². The number of methoxy groups -OCH3 is 1. The molecule has 1 aromatic carbocycles. The summed E-state index contributed by atoms with van der Waals surface area (Å²) in [5.41, 5.74) is 0.445. The van der Waals surface area contributed by atoms with Crippen molar-refractivity contribution in [3.63, 3.8) is 0 Å². The molecule has 7 heteroatoms. The molecule has 6 nitrogen and oxygen atoms in total. The second kappa shape index (κ2) is 6.58. The predicted octanol–water partition coefficient (Wildman–Crippen LogP) is 0.835. The lowest BCUT2D eigenvalue weighted by Gasteiger charge is -2.16. The number of nitrogens with one attached hydrogen (secondary N) is 2. The molecule has 0 fully saturated rings. The lowest BCUT2D eigenvalue weighted by atomic mass is 10.2. The van der Waals surface area contributed by atoms with Crippen molar-refractivity contribution in [2.45, 2.75) is 13.0 Å². The third-order valence-corrected chi connectivity index (χ3v) is 2.34. The van der Waals surface area contributed by atoms with Gasteiger partial charge in [-0.2, -0.15) is 0 Å². The second-order valence-electron chi connectivity index (χ2n) is 3.82. The topological polar surface area (TPSA) is 87.7 Å². The standard InChI is InChI=1S/C12H15FN2O4/c1-7(16)15-10(12(17)18)6-14-9-4-3-8(13)5-11(9)19-2/h3-5,10,14H,6H2,1-2H3,(H,15,16)(H,17,18). The van der Waals surface area contributed by atoms with Crippen LogP contribution in [0, 0.1) is 5.82 Å². The van der Waals surface area contributed by atoms with Gasteiger partial charge in [-0.05, 0) is 12.1 Å². The van der Waals surface area contributed by atoms with Crippen molar-refractivity contribution in [2.75, 3.05) is 19.0 Å². The highest BCUT2D eigenvalue weighted by atomic mass is 19.1. The first-order chi connectivity index (χ1) is 8.93. The van der Waals surface area contributed by atoms with Crippen LogP contribution in [0.2, 0.25) is 0 Å². The van der Waals surface area contributed by atoms with Crippen LogP contribution in [-0.2, 0) is 9.59 Å². The molecule has 1 aromatic rings. The number of rotatable bonds is 6. The van der Waals surface area contributed by atoms with Crippen LogP contribution in [0.5, 0.6) is 5.75 Å². The number of carbonyl (C=O) groups is 2. The van der Waals surface area contributed by atoms with Gasteiger partial charge in [0.25, 0.3) is 0 Å². The number of halogens is 1. The first-order valence-electron chi connectivity index (χ1n) is 5.51. The van der Waals surface area contributed by atoms with Crippen molar-refractivity contribution >= 4 is 17.6 Å². The summed E-state index contributed by atoms with van der Waals surface area (Å²) in [6, 6.07) is 2.75. The van der Waals surface area contributed by atoms with Gasteiger partial charge in [0.15, 0.2) is 0 Å². The first-order valence-corrected chi connectivity index (χ1v) is 5.51. The van der Waals surface area contributed by atoms with Crippen molar-refractivity contribution in [2.24, 2.45) is 0 Å². The van der Waals surface area contributed by atoms with Crippen molar-refractivity contribution in [1.29, 1.82) is 0 Å². The number of anilines is 1. The number of hydrogen-bond donors (Lipinski definition) is 3. The normalized spacial score (nSPS) is 11.5. The SMILES string of the molecule is COc1cc(F)ccc1NCC(NC(C)=O)C(=O)O. The molecule has 0 aliphatic rings. The van der Waals surface area contributed by atoms with Crippen molar-refractivity contribution in [1.82, 2.24) is 5.32 Å². The fourth-order valence-corrected chi connectivity index (χ4v) is 1.47. The molecule has 1 unspecified atom stereocenters. The van der Waals surface area contributed by atoms with E-state index in [1.54, 1.807) is 0 Å². The summed E-state index contributed by atoms with van der Waals surface area (Å²) >= 11 is 0. The van der Waals surface area contributed by atoms with Gasteiger partial charge in [-0.15, -0.1) is 0 Å². The highest BCUT2D eigenvalue weighted by molar-refractivity contribution is 5.82. The molecule has 0 spiro atoms. The zero-order valence-electron chi connectivity index (χ0n) is 10.6. The summed E-state index contributed by atoms with van der Waals surface area (Å²) in [6.45, 7) is 1.19. The molecule has 0 heterocycles. The van der Waals surface area contributed by atoms with Gasteiger partial charge in [0.1, 0.15) is 17.6 Å². The van der Waals surface area contributed by atoms with Crippen LogP contribution in [-0.4, -0.2) is 36.7 Å². The first kappa shape index (κ1) is 14.7. The number of hydrogen-bond acceptors (Lipinski definition) is 4. The Kier molecular flexibility index (Phi) is 5.11. The number of benzene rings is 1. The average molecular weight is 270 g/mol. The Bertz CT molecular complexity index is 479. The van der Waals surface area contributed by atoms with E-state index in [2.05, 4.69) is 10.6 Å². The quantitative estimate of drug-likeness (QED) is 0.713. The van der Waals surface area contributed by atoms with E-state index in [-0.39, 0.29) is 12.3 Å². The minimum absolute atomic E-state index is 0.0447. The lowest BCUT2D eigenvalue weighted by molar-refractivity contribution is -0.141. The third-order valence-electron chi connectivity index (χ3n) is 2.34. The van der Waals surface area contributed by atoms with E-state index in [4.69, 9.17) is 9.84 Å². The van der Waals surface area contributed by atoms with Gasteiger partial charge in [-0.25, -0.2) is 9.18 Å². The maximum atomic E-state index is 13.0. The van der Waals surface area contributed by atoms with E-state index < -0.39 is 23.7 Å². The largest absolute Gasteiger partial charge is 0.494 e. The Labute approximate surface area is 109 Å². The van der Waals surface area contributed by atoms with Crippen molar-refractivity contribution in [3.05, 3.63) is 24.0 Å². The van der Waals surface area contributed by atoms with Gasteiger partial charge in [0.2, 0.25) is 5.91 Å². The molecule has 0 aliphatic heterocycles. The van der Waals surface area contributed by atoms with Gasteiger partial charge < -0.3 is 20.5 Å². The van der Waals surface area contributed by atoms with Crippen LogP contribution in [0.3, 0.4) is 0 Å². The van der Waals surface area contributed by atoms with Crippen LogP contribution in [0.25, 0.3) is 0 Å². The molecule has 1 atom stereocenters. The van der Waals surface area contributed by atoms with Crippen LogP contribution >= 0.6 is 0 Å². The number of amides is 1. The molecule has 104 valence electrons.